The average Bonchev–Trinajstić information content (AvgIpc) is 2.10. The summed E-state index contributed by atoms with van der Waals surface area (Å²) in [6.45, 7) is 3.15. The van der Waals surface area contributed by atoms with Crippen molar-refractivity contribution in [2.75, 3.05) is 20.6 Å². The molecule has 0 radical (unpaired) electrons. The molecule has 82 valence electrons. The van der Waals surface area contributed by atoms with E-state index < -0.39 is 5.60 Å². The Morgan fingerprint density at radius 1 is 1.43 bits per heavy atom. The Balaban J connectivity index is 4.03. The molecule has 0 saturated heterocycles. The van der Waals surface area contributed by atoms with Gasteiger partial charge in [-0.15, -0.1) is 0 Å². The second kappa shape index (κ2) is 4.95. The fourth-order valence-electron chi connectivity index (χ4n) is 0.963. The minimum Gasteiger partial charge on any atom is -0.381 e. The van der Waals surface area contributed by atoms with E-state index in [-0.39, 0.29) is 18.2 Å². The lowest BCUT2D eigenvalue weighted by molar-refractivity contribution is -0.146. The van der Waals surface area contributed by atoms with Gasteiger partial charge < -0.3 is 15.3 Å². The molecule has 0 spiro atoms. The number of hydrogen-bond donors (Lipinski definition) is 2. The van der Waals surface area contributed by atoms with E-state index in [1.54, 1.807) is 14.1 Å². The maximum atomic E-state index is 11.4. The van der Waals surface area contributed by atoms with Gasteiger partial charge in [-0.2, -0.15) is 0 Å². The third-order valence-corrected chi connectivity index (χ3v) is 1.82. The third kappa shape index (κ3) is 4.23. The average molecular weight is 202 g/mol. The first-order chi connectivity index (χ1) is 6.29. The molecule has 0 rings (SSSR count). The molecule has 0 atom stereocenters. The minimum atomic E-state index is -1.38. The van der Waals surface area contributed by atoms with Crippen molar-refractivity contribution < 1.29 is 14.7 Å². The Morgan fingerprint density at radius 2 is 1.93 bits per heavy atom. The van der Waals surface area contributed by atoms with Crippen LogP contribution < -0.4 is 5.32 Å². The summed E-state index contributed by atoms with van der Waals surface area (Å²) in [5.74, 6) is -0.512. The predicted octanol–water partition coefficient (Wildman–Crippen LogP) is -0.648. The number of carbonyl (C=O) groups is 2. The second-order valence-corrected chi connectivity index (χ2v) is 3.71. The highest BCUT2D eigenvalue weighted by molar-refractivity contribution is 5.84. The number of amides is 2. The smallest absolute Gasteiger partial charge is 0.253 e. The van der Waals surface area contributed by atoms with Crippen LogP contribution in [0.3, 0.4) is 0 Å². The normalized spacial score (nSPS) is 10.9. The highest BCUT2D eigenvalue weighted by atomic mass is 16.3. The van der Waals surface area contributed by atoms with Crippen LogP contribution >= 0.6 is 0 Å². The van der Waals surface area contributed by atoms with Gasteiger partial charge in [0.2, 0.25) is 5.91 Å². The molecule has 0 unspecified atom stereocenters. The van der Waals surface area contributed by atoms with E-state index in [1.807, 2.05) is 0 Å². The van der Waals surface area contributed by atoms with Crippen LogP contribution in [-0.4, -0.2) is 48.1 Å². The molecule has 0 aliphatic carbocycles. The highest BCUT2D eigenvalue weighted by Gasteiger charge is 2.27. The van der Waals surface area contributed by atoms with Gasteiger partial charge in [-0.05, 0) is 13.8 Å². The topological polar surface area (TPSA) is 69.6 Å². The van der Waals surface area contributed by atoms with Crippen LogP contribution in [0.5, 0.6) is 0 Å². The van der Waals surface area contributed by atoms with E-state index in [4.69, 9.17) is 0 Å². The van der Waals surface area contributed by atoms with Gasteiger partial charge >= 0.3 is 0 Å². The Morgan fingerprint density at radius 3 is 2.29 bits per heavy atom. The monoisotopic (exact) mass is 202 g/mol. The number of likely N-dealkylation sites (N-methyl/N-ethyl adjacent to an activating group) is 1. The minimum absolute atomic E-state index is 0.125. The Hall–Kier alpha value is -1.10. The van der Waals surface area contributed by atoms with E-state index in [9.17, 15) is 14.7 Å². The molecule has 14 heavy (non-hydrogen) atoms. The molecule has 0 saturated carbocycles. The van der Waals surface area contributed by atoms with Gasteiger partial charge in [0, 0.05) is 27.1 Å². The zero-order valence-electron chi connectivity index (χ0n) is 9.13. The molecule has 5 heteroatoms. The maximum absolute atomic E-state index is 11.4. The zero-order chi connectivity index (χ0) is 11.4. The van der Waals surface area contributed by atoms with E-state index in [0.29, 0.717) is 6.54 Å². The summed E-state index contributed by atoms with van der Waals surface area (Å²) < 4.78 is 0. The first-order valence-corrected chi connectivity index (χ1v) is 4.47. The molecular formula is C9H18N2O3. The van der Waals surface area contributed by atoms with Gasteiger partial charge in [0.25, 0.3) is 5.91 Å². The maximum Gasteiger partial charge on any atom is 0.253 e. The highest BCUT2D eigenvalue weighted by Crippen LogP contribution is 2.05. The van der Waals surface area contributed by atoms with Crippen molar-refractivity contribution >= 4 is 11.8 Å². The summed E-state index contributed by atoms with van der Waals surface area (Å²) >= 11 is 0. The van der Waals surface area contributed by atoms with Gasteiger partial charge in [0.15, 0.2) is 0 Å². The number of hydrogen-bond acceptors (Lipinski definition) is 3. The van der Waals surface area contributed by atoms with Gasteiger partial charge in [-0.3, -0.25) is 9.59 Å². The fourth-order valence-corrected chi connectivity index (χ4v) is 0.963. The van der Waals surface area contributed by atoms with Gasteiger partial charge in [0.1, 0.15) is 5.60 Å². The van der Waals surface area contributed by atoms with Crippen molar-refractivity contribution in [3.63, 3.8) is 0 Å². The first kappa shape index (κ1) is 12.9. The fraction of sp³-hybridized carbons (Fsp3) is 0.778. The molecule has 0 heterocycles. The largest absolute Gasteiger partial charge is 0.381 e. The summed E-state index contributed by atoms with van der Waals surface area (Å²) in [5.41, 5.74) is -1.38. The van der Waals surface area contributed by atoms with Gasteiger partial charge in [0.05, 0.1) is 0 Å². The van der Waals surface area contributed by atoms with Gasteiger partial charge in [-0.1, -0.05) is 0 Å². The summed E-state index contributed by atoms with van der Waals surface area (Å²) in [6.07, 6.45) is 0.245. The number of nitrogens with zero attached hydrogens (tertiary/aromatic N) is 1. The van der Waals surface area contributed by atoms with Crippen LogP contribution in [0.1, 0.15) is 20.3 Å². The predicted molar refractivity (Wildman–Crippen MR) is 52.6 cm³/mol. The molecule has 0 aliphatic rings. The molecule has 5 nitrogen and oxygen atoms in total. The van der Waals surface area contributed by atoms with E-state index in [0.717, 1.165) is 0 Å². The van der Waals surface area contributed by atoms with E-state index >= 15 is 0 Å². The van der Waals surface area contributed by atoms with Crippen LogP contribution in [0.4, 0.5) is 0 Å². The van der Waals surface area contributed by atoms with Crippen LogP contribution in [0.15, 0.2) is 0 Å². The quantitative estimate of drug-likeness (QED) is 0.636. The molecule has 2 N–H and O–H groups in total. The molecule has 0 fully saturated rings. The molecule has 2 amide bonds. The van der Waals surface area contributed by atoms with E-state index in [1.165, 1.54) is 18.7 Å². The lowest BCUT2D eigenvalue weighted by Crippen LogP contribution is -2.44. The third-order valence-electron chi connectivity index (χ3n) is 1.82. The Labute approximate surface area is 84.1 Å². The summed E-state index contributed by atoms with van der Waals surface area (Å²) in [4.78, 5) is 23.6. The Kier molecular flexibility index (Phi) is 4.56. The number of nitrogens with one attached hydrogen (secondary N) is 1. The summed E-state index contributed by atoms with van der Waals surface area (Å²) in [7, 11) is 3.10. The lowest BCUT2D eigenvalue weighted by atomic mass is 10.1. The first-order valence-electron chi connectivity index (χ1n) is 4.47. The zero-order valence-corrected chi connectivity index (χ0v) is 9.13. The summed E-state index contributed by atoms with van der Waals surface area (Å²) in [5, 5.41) is 11.8. The molecule has 0 aromatic rings. The van der Waals surface area contributed by atoms with Crippen molar-refractivity contribution in [2.24, 2.45) is 0 Å². The Bertz CT molecular complexity index is 221. The van der Waals surface area contributed by atoms with Crippen molar-refractivity contribution in [1.82, 2.24) is 10.2 Å². The molecule has 0 aliphatic heterocycles. The second-order valence-electron chi connectivity index (χ2n) is 3.71. The van der Waals surface area contributed by atoms with Gasteiger partial charge in [-0.25, -0.2) is 0 Å². The molecule has 0 bridgehead atoms. The van der Waals surface area contributed by atoms with Crippen molar-refractivity contribution in [3.8, 4) is 0 Å². The molecule has 0 aromatic heterocycles. The SMILES string of the molecule is CNC(=O)CCN(C)C(=O)C(C)(C)O. The van der Waals surface area contributed by atoms with Crippen LogP contribution in [0.2, 0.25) is 0 Å². The lowest BCUT2D eigenvalue weighted by Gasteiger charge is -2.24. The number of aliphatic hydroxyl groups is 1. The van der Waals surface area contributed by atoms with Crippen LogP contribution in [-0.2, 0) is 9.59 Å². The van der Waals surface area contributed by atoms with E-state index in [2.05, 4.69) is 5.32 Å². The molecular weight excluding hydrogens is 184 g/mol. The van der Waals surface area contributed by atoms with Crippen molar-refractivity contribution in [1.29, 1.82) is 0 Å². The number of carbonyl (C=O) groups excluding carboxylic acids is 2. The number of rotatable bonds is 4. The standard InChI is InChI=1S/C9H18N2O3/c1-9(2,14)8(13)11(4)6-5-7(12)10-3/h14H,5-6H2,1-4H3,(H,10,12). The van der Waals surface area contributed by atoms with Crippen molar-refractivity contribution in [3.05, 3.63) is 0 Å². The van der Waals surface area contributed by atoms with Crippen LogP contribution in [0.25, 0.3) is 0 Å². The van der Waals surface area contributed by atoms with Crippen molar-refractivity contribution in [2.45, 2.75) is 25.9 Å². The molecule has 0 aromatic carbocycles. The van der Waals surface area contributed by atoms with Crippen LogP contribution in [0, 0.1) is 0 Å². The summed E-state index contributed by atoms with van der Waals surface area (Å²) in [6, 6.07) is 0.